The Bertz CT molecular complexity index is 1010. The standard InChI is InChI=1S/C23H24N2/c1-5-16-14-17(10-11-20(16)23(2,3)4)25-21-9-7-6-8-18(21)19-12-13-24-15-22(19)25/h6-15H,5H2,1-4H3. The predicted molar refractivity (Wildman–Crippen MR) is 107 cm³/mol. The van der Waals surface area contributed by atoms with E-state index in [1.165, 1.54) is 33.1 Å². The van der Waals surface area contributed by atoms with Gasteiger partial charge in [-0.2, -0.15) is 0 Å². The monoisotopic (exact) mass is 328 g/mol. The van der Waals surface area contributed by atoms with Crippen molar-refractivity contribution in [2.75, 3.05) is 0 Å². The van der Waals surface area contributed by atoms with E-state index in [0.717, 1.165) is 11.9 Å². The summed E-state index contributed by atoms with van der Waals surface area (Å²) in [5.74, 6) is 0. The highest BCUT2D eigenvalue weighted by molar-refractivity contribution is 6.08. The lowest BCUT2D eigenvalue weighted by molar-refractivity contribution is 0.583. The van der Waals surface area contributed by atoms with Gasteiger partial charge in [0.15, 0.2) is 0 Å². The number of pyridine rings is 1. The van der Waals surface area contributed by atoms with Crippen LogP contribution >= 0.6 is 0 Å². The Balaban J connectivity index is 2.04. The maximum absolute atomic E-state index is 4.37. The summed E-state index contributed by atoms with van der Waals surface area (Å²) in [7, 11) is 0. The second kappa shape index (κ2) is 5.73. The van der Waals surface area contributed by atoms with E-state index in [1.54, 1.807) is 0 Å². The molecule has 0 saturated carbocycles. The number of hydrogen-bond acceptors (Lipinski definition) is 1. The number of para-hydroxylation sites is 1. The zero-order valence-electron chi connectivity index (χ0n) is 15.4. The van der Waals surface area contributed by atoms with Crippen molar-refractivity contribution < 1.29 is 0 Å². The van der Waals surface area contributed by atoms with Crippen LogP contribution in [0.2, 0.25) is 0 Å². The first-order chi connectivity index (χ1) is 12.0. The van der Waals surface area contributed by atoms with E-state index in [0.29, 0.717) is 0 Å². The maximum atomic E-state index is 4.37. The number of rotatable bonds is 2. The van der Waals surface area contributed by atoms with Gasteiger partial charge >= 0.3 is 0 Å². The lowest BCUT2D eigenvalue weighted by atomic mass is 9.83. The summed E-state index contributed by atoms with van der Waals surface area (Å²) in [6.45, 7) is 9.09. The van der Waals surface area contributed by atoms with Crippen LogP contribution in [0.25, 0.3) is 27.5 Å². The maximum Gasteiger partial charge on any atom is 0.0724 e. The second-order valence-electron chi connectivity index (χ2n) is 7.69. The van der Waals surface area contributed by atoms with Gasteiger partial charge in [-0.25, -0.2) is 0 Å². The molecule has 0 unspecified atom stereocenters. The average Bonchev–Trinajstić information content (AvgIpc) is 2.95. The van der Waals surface area contributed by atoms with Gasteiger partial charge < -0.3 is 4.57 Å². The molecule has 4 aromatic rings. The van der Waals surface area contributed by atoms with Gasteiger partial charge in [0.1, 0.15) is 0 Å². The van der Waals surface area contributed by atoms with Crippen molar-refractivity contribution in [2.45, 2.75) is 39.5 Å². The van der Waals surface area contributed by atoms with E-state index >= 15 is 0 Å². The molecule has 0 bridgehead atoms. The summed E-state index contributed by atoms with van der Waals surface area (Å²) in [6, 6.07) is 17.6. The van der Waals surface area contributed by atoms with Gasteiger partial charge in [0.2, 0.25) is 0 Å². The molecule has 25 heavy (non-hydrogen) atoms. The number of aryl methyl sites for hydroxylation is 1. The second-order valence-corrected chi connectivity index (χ2v) is 7.69. The van der Waals surface area contributed by atoms with E-state index in [9.17, 15) is 0 Å². The number of benzene rings is 2. The molecule has 0 aliphatic heterocycles. The van der Waals surface area contributed by atoms with E-state index in [4.69, 9.17) is 0 Å². The van der Waals surface area contributed by atoms with Gasteiger partial charge in [-0.05, 0) is 47.2 Å². The van der Waals surface area contributed by atoms with Gasteiger partial charge in [-0.1, -0.05) is 52.0 Å². The highest BCUT2D eigenvalue weighted by Gasteiger charge is 2.19. The predicted octanol–water partition coefficient (Wildman–Crippen LogP) is 6.04. The Kier molecular flexibility index (Phi) is 3.64. The number of hydrogen-bond donors (Lipinski definition) is 0. The lowest BCUT2D eigenvalue weighted by Crippen LogP contribution is -2.14. The minimum atomic E-state index is 0.159. The number of fused-ring (bicyclic) bond motifs is 3. The molecule has 0 saturated heterocycles. The Morgan fingerprint density at radius 3 is 2.44 bits per heavy atom. The highest BCUT2D eigenvalue weighted by atomic mass is 15.0. The third-order valence-corrected chi connectivity index (χ3v) is 5.01. The minimum absolute atomic E-state index is 0.159. The third-order valence-electron chi connectivity index (χ3n) is 5.01. The molecule has 2 aromatic carbocycles. The Morgan fingerprint density at radius 1 is 0.920 bits per heavy atom. The third kappa shape index (κ3) is 2.53. The summed E-state index contributed by atoms with van der Waals surface area (Å²) >= 11 is 0. The molecule has 0 spiro atoms. The fraction of sp³-hybridized carbons (Fsp3) is 0.261. The highest BCUT2D eigenvalue weighted by Crippen LogP contribution is 2.33. The molecule has 0 fully saturated rings. The Labute approximate surface area is 149 Å². The summed E-state index contributed by atoms with van der Waals surface area (Å²) < 4.78 is 2.34. The fourth-order valence-corrected chi connectivity index (χ4v) is 3.84. The lowest BCUT2D eigenvalue weighted by Gasteiger charge is -2.23. The van der Waals surface area contributed by atoms with E-state index in [1.807, 2.05) is 12.4 Å². The molecule has 0 amide bonds. The summed E-state index contributed by atoms with van der Waals surface area (Å²) in [5, 5.41) is 2.53. The van der Waals surface area contributed by atoms with Crippen LogP contribution in [0, 0.1) is 0 Å². The van der Waals surface area contributed by atoms with Crippen LogP contribution in [0.5, 0.6) is 0 Å². The van der Waals surface area contributed by atoms with Crippen LogP contribution in [0.4, 0.5) is 0 Å². The van der Waals surface area contributed by atoms with Gasteiger partial charge in [-0.15, -0.1) is 0 Å². The van der Waals surface area contributed by atoms with Crippen molar-refractivity contribution in [1.82, 2.24) is 9.55 Å². The first kappa shape index (κ1) is 15.9. The molecule has 0 radical (unpaired) electrons. The van der Waals surface area contributed by atoms with Gasteiger partial charge in [0.05, 0.1) is 17.2 Å². The van der Waals surface area contributed by atoms with Crippen LogP contribution in [-0.2, 0) is 11.8 Å². The topological polar surface area (TPSA) is 17.8 Å². The van der Waals surface area contributed by atoms with Crippen LogP contribution < -0.4 is 0 Å². The molecule has 4 rings (SSSR count). The van der Waals surface area contributed by atoms with Crippen molar-refractivity contribution in [3.05, 3.63) is 72.1 Å². The average molecular weight is 328 g/mol. The molecular formula is C23H24N2. The molecule has 0 aliphatic rings. The van der Waals surface area contributed by atoms with Crippen molar-refractivity contribution in [1.29, 1.82) is 0 Å². The van der Waals surface area contributed by atoms with Gasteiger partial charge in [-0.3, -0.25) is 4.98 Å². The zero-order valence-corrected chi connectivity index (χ0v) is 15.4. The van der Waals surface area contributed by atoms with Crippen LogP contribution in [0.3, 0.4) is 0 Å². The van der Waals surface area contributed by atoms with Crippen molar-refractivity contribution >= 4 is 21.8 Å². The number of aromatic nitrogens is 2. The Morgan fingerprint density at radius 2 is 1.68 bits per heavy atom. The quantitative estimate of drug-likeness (QED) is 0.439. The van der Waals surface area contributed by atoms with E-state index < -0.39 is 0 Å². The largest absolute Gasteiger partial charge is 0.308 e. The zero-order chi connectivity index (χ0) is 17.6. The van der Waals surface area contributed by atoms with Crippen molar-refractivity contribution in [3.8, 4) is 5.69 Å². The molecule has 126 valence electrons. The first-order valence-corrected chi connectivity index (χ1v) is 8.97. The molecular weight excluding hydrogens is 304 g/mol. The molecule has 2 nitrogen and oxygen atoms in total. The molecule has 2 heterocycles. The normalized spacial score (nSPS) is 12.2. The van der Waals surface area contributed by atoms with Gasteiger partial charge in [0.25, 0.3) is 0 Å². The smallest absolute Gasteiger partial charge is 0.0724 e. The molecule has 2 heteroatoms. The minimum Gasteiger partial charge on any atom is -0.308 e. The number of nitrogens with zero attached hydrogens (tertiary/aromatic N) is 2. The van der Waals surface area contributed by atoms with E-state index in [2.05, 4.69) is 85.8 Å². The fourth-order valence-electron chi connectivity index (χ4n) is 3.84. The van der Waals surface area contributed by atoms with Crippen LogP contribution in [0.1, 0.15) is 38.8 Å². The van der Waals surface area contributed by atoms with Crippen molar-refractivity contribution in [3.63, 3.8) is 0 Å². The molecule has 2 aromatic heterocycles. The van der Waals surface area contributed by atoms with Gasteiger partial charge in [0, 0.05) is 22.7 Å². The summed E-state index contributed by atoms with van der Waals surface area (Å²) in [5.41, 5.74) is 6.61. The molecule has 0 N–H and O–H groups in total. The Hall–Kier alpha value is -2.61. The first-order valence-electron chi connectivity index (χ1n) is 8.97. The van der Waals surface area contributed by atoms with Crippen LogP contribution in [0.15, 0.2) is 60.9 Å². The molecule has 0 atom stereocenters. The SMILES string of the molecule is CCc1cc(-n2c3ccccc3c3ccncc32)ccc1C(C)(C)C. The van der Waals surface area contributed by atoms with E-state index in [-0.39, 0.29) is 5.41 Å². The summed E-state index contributed by atoms with van der Waals surface area (Å²) in [4.78, 5) is 4.37. The van der Waals surface area contributed by atoms with Crippen molar-refractivity contribution in [2.24, 2.45) is 0 Å². The summed E-state index contributed by atoms with van der Waals surface area (Å²) in [6.07, 6.45) is 4.88. The van der Waals surface area contributed by atoms with Crippen LogP contribution in [-0.4, -0.2) is 9.55 Å². The molecule has 0 aliphatic carbocycles.